The molecule has 0 aliphatic heterocycles. The first kappa shape index (κ1) is 9.39. The lowest BCUT2D eigenvalue weighted by atomic mass is 10.2. The maximum Gasteiger partial charge on any atom is 0.00959 e. The lowest BCUT2D eigenvalue weighted by Gasteiger charge is -2.12. The Morgan fingerprint density at radius 2 is 1.78 bits per heavy atom. The number of nitrogens with one attached hydrogen (secondary N) is 1. The highest BCUT2D eigenvalue weighted by atomic mass is 31.1. The van der Waals surface area contributed by atoms with E-state index in [0.717, 1.165) is 14.8 Å². The minimum Gasteiger partial charge on any atom is -0.295 e. The Bertz CT molecular complexity index is 52.9. The summed E-state index contributed by atoms with van der Waals surface area (Å²) in [6, 6.07) is 0.767. The minimum absolute atomic E-state index is 0.767. The minimum atomic E-state index is 0.767. The van der Waals surface area contributed by atoms with Crippen molar-refractivity contribution in [2.75, 3.05) is 6.16 Å². The molecule has 1 atom stereocenters. The van der Waals surface area contributed by atoms with Crippen LogP contribution in [-0.4, -0.2) is 12.2 Å². The molecule has 0 amide bonds. The van der Waals surface area contributed by atoms with Gasteiger partial charge in [-0.25, -0.2) is 0 Å². The molecule has 1 N–H and O–H groups in total. The monoisotopic (exact) mass is 147 g/mol. The SMILES string of the molecule is CCPNC(CC)CC. The first-order chi connectivity index (χ1) is 4.35. The van der Waals surface area contributed by atoms with Crippen LogP contribution in [-0.2, 0) is 0 Å². The van der Waals surface area contributed by atoms with Gasteiger partial charge in [0.1, 0.15) is 0 Å². The molecule has 2 heteroatoms. The fourth-order valence-electron chi connectivity index (χ4n) is 0.739. The lowest BCUT2D eigenvalue weighted by Crippen LogP contribution is -2.19. The molecular weight excluding hydrogens is 129 g/mol. The van der Waals surface area contributed by atoms with E-state index in [1.54, 1.807) is 0 Å². The zero-order valence-corrected chi connectivity index (χ0v) is 7.70. The summed E-state index contributed by atoms with van der Waals surface area (Å²) in [5.74, 6) is 0. The summed E-state index contributed by atoms with van der Waals surface area (Å²) in [4.78, 5) is 0. The van der Waals surface area contributed by atoms with Crippen LogP contribution in [0.25, 0.3) is 0 Å². The summed E-state index contributed by atoms with van der Waals surface area (Å²) in [6.45, 7) is 6.69. The fraction of sp³-hybridized carbons (Fsp3) is 1.00. The van der Waals surface area contributed by atoms with Crippen LogP contribution in [0.1, 0.15) is 33.6 Å². The molecule has 1 nitrogen and oxygen atoms in total. The second-order valence-electron chi connectivity index (χ2n) is 2.19. The molecule has 0 rings (SSSR count). The maximum atomic E-state index is 3.50. The third-order valence-corrected chi connectivity index (χ3v) is 2.43. The molecule has 0 fully saturated rings. The van der Waals surface area contributed by atoms with Crippen molar-refractivity contribution in [1.29, 1.82) is 0 Å². The van der Waals surface area contributed by atoms with Crippen LogP contribution in [0.15, 0.2) is 0 Å². The zero-order chi connectivity index (χ0) is 7.11. The largest absolute Gasteiger partial charge is 0.295 e. The van der Waals surface area contributed by atoms with Gasteiger partial charge < -0.3 is 0 Å². The van der Waals surface area contributed by atoms with Crippen molar-refractivity contribution in [2.24, 2.45) is 0 Å². The number of hydrogen-bond acceptors (Lipinski definition) is 1. The second-order valence-corrected chi connectivity index (χ2v) is 3.54. The van der Waals surface area contributed by atoms with Gasteiger partial charge in [-0.3, -0.25) is 5.09 Å². The molecule has 0 saturated carbocycles. The molecule has 0 aliphatic rings. The van der Waals surface area contributed by atoms with E-state index in [4.69, 9.17) is 0 Å². The highest BCUT2D eigenvalue weighted by molar-refractivity contribution is 7.35. The second kappa shape index (κ2) is 6.51. The van der Waals surface area contributed by atoms with E-state index in [9.17, 15) is 0 Å². The van der Waals surface area contributed by atoms with Crippen molar-refractivity contribution >= 4 is 8.73 Å². The average Bonchev–Trinajstić information content (AvgIpc) is 1.91. The van der Waals surface area contributed by atoms with Crippen LogP contribution in [0.4, 0.5) is 0 Å². The predicted molar refractivity (Wildman–Crippen MR) is 46.4 cm³/mol. The molecule has 0 bridgehead atoms. The molecule has 0 radical (unpaired) electrons. The van der Waals surface area contributed by atoms with Gasteiger partial charge in [0.15, 0.2) is 0 Å². The van der Waals surface area contributed by atoms with Gasteiger partial charge in [0, 0.05) is 6.04 Å². The Hall–Kier alpha value is 0.390. The van der Waals surface area contributed by atoms with E-state index in [-0.39, 0.29) is 0 Å². The van der Waals surface area contributed by atoms with Crippen molar-refractivity contribution in [2.45, 2.75) is 39.7 Å². The Morgan fingerprint density at radius 1 is 1.22 bits per heavy atom. The summed E-state index contributed by atoms with van der Waals surface area (Å²) in [5, 5.41) is 3.50. The van der Waals surface area contributed by atoms with E-state index in [1.807, 2.05) is 0 Å². The number of hydrogen-bond donors (Lipinski definition) is 1. The van der Waals surface area contributed by atoms with Crippen molar-refractivity contribution < 1.29 is 0 Å². The predicted octanol–water partition coefficient (Wildman–Crippen LogP) is 2.38. The Labute approximate surface area is 60.4 Å². The highest BCUT2D eigenvalue weighted by Gasteiger charge is 1.98. The van der Waals surface area contributed by atoms with E-state index in [2.05, 4.69) is 25.9 Å². The molecule has 1 unspecified atom stereocenters. The van der Waals surface area contributed by atoms with Crippen LogP contribution >= 0.6 is 8.73 Å². The fourth-order valence-corrected chi connectivity index (χ4v) is 1.64. The normalized spacial score (nSPS) is 12.0. The summed E-state index contributed by atoms with van der Waals surface area (Å²) in [5.41, 5.74) is 0. The van der Waals surface area contributed by atoms with Gasteiger partial charge in [-0.05, 0) is 19.0 Å². The van der Waals surface area contributed by atoms with Gasteiger partial charge in [0.2, 0.25) is 0 Å². The molecule has 0 saturated heterocycles. The van der Waals surface area contributed by atoms with Gasteiger partial charge in [-0.1, -0.05) is 29.5 Å². The van der Waals surface area contributed by atoms with Gasteiger partial charge in [-0.2, -0.15) is 0 Å². The van der Waals surface area contributed by atoms with Gasteiger partial charge in [0.25, 0.3) is 0 Å². The molecule has 0 aromatic heterocycles. The quantitative estimate of drug-likeness (QED) is 0.589. The third-order valence-electron chi connectivity index (χ3n) is 1.47. The molecule has 9 heavy (non-hydrogen) atoms. The molecule has 0 aromatic rings. The van der Waals surface area contributed by atoms with E-state index >= 15 is 0 Å². The Balaban J connectivity index is 3.09. The molecule has 0 aliphatic carbocycles. The van der Waals surface area contributed by atoms with Crippen molar-refractivity contribution in [3.05, 3.63) is 0 Å². The van der Waals surface area contributed by atoms with Crippen molar-refractivity contribution in [3.63, 3.8) is 0 Å². The first-order valence-electron chi connectivity index (χ1n) is 3.83. The summed E-state index contributed by atoms with van der Waals surface area (Å²) < 4.78 is 0. The van der Waals surface area contributed by atoms with Crippen LogP contribution in [0.3, 0.4) is 0 Å². The van der Waals surface area contributed by atoms with Gasteiger partial charge in [0.05, 0.1) is 0 Å². The molecule has 0 spiro atoms. The standard InChI is InChI=1S/C7H18NP/c1-4-7(5-2)8-9-6-3/h7-9H,4-6H2,1-3H3. The smallest absolute Gasteiger partial charge is 0.00959 e. The van der Waals surface area contributed by atoms with Crippen LogP contribution < -0.4 is 5.09 Å². The molecule has 0 aromatic carbocycles. The average molecular weight is 147 g/mol. The molecular formula is C7H18NP. The van der Waals surface area contributed by atoms with Crippen LogP contribution in [0.5, 0.6) is 0 Å². The van der Waals surface area contributed by atoms with Crippen molar-refractivity contribution in [3.8, 4) is 0 Å². The molecule has 0 heterocycles. The van der Waals surface area contributed by atoms with Crippen molar-refractivity contribution in [1.82, 2.24) is 5.09 Å². The summed E-state index contributed by atoms with van der Waals surface area (Å²) >= 11 is 0. The first-order valence-corrected chi connectivity index (χ1v) is 5.04. The summed E-state index contributed by atoms with van der Waals surface area (Å²) in [6.07, 6.45) is 3.81. The van der Waals surface area contributed by atoms with E-state index < -0.39 is 0 Å². The topological polar surface area (TPSA) is 12.0 Å². The Morgan fingerprint density at radius 3 is 2.11 bits per heavy atom. The van der Waals surface area contributed by atoms with Gasteiger partial charge >= 0.3 is 0 Å². The summed E-state index contributed by atoms with van der Waals surface area (Å²) in [7, 11) is 0.959. The van der Waals surface area contributed by atoms with E-state index in [0.29, 0.717) is 0 Å². The third kappa shape index (κ3) is 4.87. The maximum absolute atomic E-state index is 3.50. The van der Waals surface area contributed by atoms with Crippen LogP contribution in [0, 0.1) is 0 Å². The zero-order valence-electron chi connectivity index (χ0n) is 6.70. The Kier molecular flexibility index (Phi) is 6.79. The van der Waals surface area contributed by atoms with E-state index in [1.165, 1.54) is 19.0 Å². The highest BCUT2D eigenvalue weighted by Crippen LogP contribution is 2.07. The van der Waals surface area contributed by atoms with Gasteiger partial charge in [-0.15, -0.1) is 0 Å². The van der Waals surface area contributed by atoms with Crippen LogP contribution in [0.2, 0.25) is 0 Å². The number of rotatable bonds is 5. The lowest BCUT2D eigenvalue weighted by molar-refractivity contribution is 0.588. The molecule has 56 valence electrons.